The van der Waals surface area contributed by atoms with Gasteiger partial charge in [-0.25, -0.2) is 4.98 Å². The second-order valence-corrected chi connectivity index (χ2v) is 6.72. The largest absolute Gasteiger partial charge is 0.309 e. The summed E-state index contributed by atoms with van der Waals surface area (Å²) in [5.74, 6) is 0. The fourth-order valence-corrected chi connectivity index (χ4v) is 4.00. The van der Waals surface area contributed by atoms with Crippen molar-refractivity contribution in [2.45, 2.75) is 70.8 Å². The van der Waals surface area contributed by atoms with Crippen LogP contribution in [0.2, 0.25) is 0 Å². The molecule has 1 aromatic rings. The molecule has 1 atom stereocenters. The van der Waals surface area contributed by atoms with Gasteiger partial charge in [-0.2, -0.15) is 0 Å². The molecule has 1 N–H and O–H groups in total. The Morgan fingerprint density at radius 1 is 1.28 bits per heavy atom. The summed E-state index contributed by atoms with van der Waals surface area (Å²) < 4.78 is 0. The second-order valence-electron chi connectivity index (χ2n) is 5.64. The van der Waals surface area contributed by atoms with Crippen molar-refractivity contribution in [3.05, 3.63) is 15.6 Å². The summed E-state index contributed by atoms with van der Waals surface area (Å²) in [4.78, 5) is 6.43. The van der Waals surface area contributed by atoms with Gasteiger partial charge in [-0.1, -0.05) is 32.6 Å². The third kappa shape index (κ3) is 2.94. The number of rotatable bonds is 7. The Bertz CT molecular complexity index is 364. The van der Waals surface area contributed by atoms with Crippen LogP contribution in [0.4, 0.5) is 0 Å². The van der Waals surface area contributed by atoms with Crippen molar-refractivity contribution >= 4 is 11.3 Å². The van der Waals surface area contributed by atoms with Crippen LogP contribution < -0.4 is 5.32 Å². The molecule has 0 fully saturated rings. The fraction of sp³-hybridized carbons (Fsp3) is 0.800. The standard InChI is InChI=1S/C15H26N2S/c1-4-5-6-7-11-15(2,16-3)14-17-12-9-8-10-13(12)18-14/h16H,4-11H2,1-3H3. The highest BCUT2D eigenvalue weighted by molar-refractivity contribution is 7.12. The van der Waals surface area contributed by atoms with Crippen molar-refractivity contribution in [1.29, 1.82) is 0 Å². The van der Waals surface area contributed by atoms with E-state index in [0.29, 0.717) is 0 Å². The van der Waals surface area contributed by atoms with Gasteiger partial charge in [-0.15, -0.1) is 11.3 Å². The molecule has 0 spiro atoms. The zero-order chi connectivity index (χ0) is 13.0. The minimum Gasteiger partial charge on any atom is -0.309 e. The van der Waals surface area contributed by atoms with Crippen molar-refractivity contribution in [3.8, 4) is 0 Å². The molecular weight excluding hydrogens is 240 g/mol. The predicted octanol–water partition coefficient (Wildman–Crippen LogP) is 4.04. The summed E-state index contributed by atoms with van der Waals surface area (Å²) in [6.07, 6.45) is 10.3. The van der Waals surface area contributed by atoms with Crippen LogP contribution in [-0.2, 0) is 18.4 Å². The van der Waals surface area contributed by atoms with Crippen molar-refractivity contribution in [3.63, 3.8) is 0 Å². The van der Waals surface area contributed by atoms with Crippen molar-refractivity contribution in [1.82, 2.24) is 10.3 Å². The molecule has 102 valence electrons. The number of hydrogen-bond donors (Lipinski definition) is 1. The normalized spacial score (nSPS) is 17.7. The van der Waals surface area contributed by atoms with Crippen LogP contribution >= 0.6 is 11.3 Å². The van der Waals surface area contributed by atoms with Gasteiger partial charge >= 0.3 is 0 Å². The number of nitrogens with zero attached hydrogens (tertiary/aromatic N) is 1. The van der Waals surface area contributed by atoms with E-state index in [1.54, 1.807) is 4.88 Å². The molecule has 3 heteroatoms. The first-order chi connectivity index (χ1) is 8.69. The third-order valence-corrected chi connectivity index (χ3v) is 5.57. The molecule has 0 aromatic carbocycles. The molecule has 0 radical (unpaired) electrons. The van der Waals surface area contributed by atoms with Crippen molar-refractivity contribution in [2.75, 3.05) is 7.05 Å². The van der Waals surface area contributed by atoms with E-state index in [4.69, 9.17) is 4.98 Å². The molecule has 1 aliphatic carbocycles. The maximum atomic E-state index is 4.89. The van der Waals surface area contributed by atoms with Crippen LogP contribution in [0.25, 0.3) is 0 Å². The lowest BCUT2D eigenvalue weighted by Crippen LogP contribution is -2.36. The number of aryl methyl sites for hydroxylation is 2. The Kier molecular flexibility index (Phi) is 4.79. The molecule has 2 nitrogen and oxygen atoms in total. The van der Waals surface area contributed by atoms with Gasteiger partial charge in [-0.3, -0.25) is 0 Å². The average molecular weight is 266 g/mol. The SMILES string of the molecule is CCCCCCC(C)(NC)c1nc2c(s1)CCC2. The predicted molar refractivity (Wildman–Crippen MR) is 79.3 cm³/mol. The van der Waals surface area contributed by atoms with Crippen LogP contribution in [0, 0.1) is 0 Å². The zero-order valence-electron chi connectivity index (χ0n) is 12.0. The van der Waals surface area contributed by atoms with Gasteiger partial charge in [0.25, 0.3) is 0 Å². The van der Waals surface area contributed by atoms with Crippen LogP contribution in [0.3, 0.4) is 0 Å². The molecule has 1 aliphatic rings. The van der Waals surface area contributed by atoms with Gasteiger partial charge in [-0.05, 0) is 39.7 Å². The van der Waals surface area contributed by atoms with Gasteiger partial charge in [0.2, 0.25) is 0 Å². The second kappa shape index (κ2) is 6.16. The van der Waals surface area contributed by atoms with E-state index in [2.05, 4.69) is 26.2 Å². The van der Waals surface area contributed by atoms with Gasteiger partial charge in [0, 0.05) is 4.88 Å². The topological polar surface area (TPSA) is 24.9 Å². The molecule has 2 rings (SSSR count). The number of thiazole rings is 1. The van der Waals surface area contributed by atoms with Crippen LogP contribution in [0.1, 0.15) is 68.0 Å². The minimum absolute atomic E-state index is 0.0861. The first kappa shape index (κ1) is 14.0. The summed E-state index contributed by atoms with van der Waals surface area (Å²) in [6, 6.07) is 0. The maximum Gasteiger partial charge on any atom is 0.113 e. The fourth-order valence-electron chi connectivity index (χ4n) is 2.67. The van der Waals surface area contributed by atoms with Gasteiger partial charge < -0.3 is 5.32 Å². The number of hydrogen-bond acceptors (Lipinski definition) is 3. The van der Waals surface area contributed by atoms with E-state index < -0.39 is 0 Å². The molecule has 0 aliphatic heterocycles. The quantitative estimate of drug-likeness (QED) is 0.754. The Morgan fingerprint density at radius 2 is 2.11 bits per heavy atom. The summed E-state index contributed by atoms with van der Waals surface area (Å²) >= 11 is 1.94. The smallest absolute Gasteiger partial charge is 0.113 e. The summed E-state index contributed by atoms with van der Waals surface area (Å²) in [7, 11) is 2.08. The molecular formula is C15H26N2S. The lowest BCUT2D eigenvalue weighted by atomic mass is 9.95. The molecule has 0 amide bonds. The number of fused-ring (bicyclic) bond motifs is 1. The van der Waals surface area contributed by atoms with E-state index in [1.165, 1.54) is 62.1 Å². The molecule has 0 saturated carbocycles. The van der Waals surface area contributed by atoms with Gasteiger partial charge in [0.05, 0.1) is 11.2 Å². The molecule has 1 heterocycles. The number of aromatic nitrogens is 1. The number of unbranched alkanes of at least 4 members (excludes halogenated alkanes) is 3. The van der Waals surface area contributed by atoms with Crippen LogP contribution in [-0.4, -0.2) is 12.0 Å². The lowest BCUT2D eigenvalue weighted by Gasteiger charge is -2.27. The zero-order valence-corrected chi connectivity index (χ0v) is 12.8. The van der Waals surface area contributed by atoms with E-state index >= 15 is 0 Å². The molecule has 0 saturated heterocycles. The van der Waals surface area contributed by atoms with Crippen LogP contribution in [0.15, 0.2) is 0 Å². The molecule has 0 bridgehead atoms. The van der Waals surface area contributed by atoms with E-state index in [1.807, 2.05) is 11.3 Å². The van der Waals surface area contributed by atoms with E-state index in [0.717, 1.165) is 0 Å². The Labute approximate surface area is 115 Å². The Hall–Kier alpha value is -0.410. The summed E-state index contributed by atoms with van der Waals surface area (Å²) in [5, 5.41) is 4.82. The highest BCUT2D eigenvalue weighted by atomic mass is 32.1. The van der Waals surface area contributed by atoms with Gasteiger partial charge in [0.1, 0.15) is 5.01 Å². The monoisotopic (exact) mass is 266 g/mol. The van der Waals surface area contributed by atoms with E-state index in [-0.39, 0.29) is 5.54 Å². The average Bonchev–Trinajstić information content (AvgIpc) is 2.95. The van der Waals surface area contributed by atoms with Crippen molar-refractivity contribution in [2.24, 2.45) is 0 Å². The first-order valence-electron chi connectivity index (χ1n) is 7.37. The molecule has 18 heavy (non-hydrogen) atoms. The van der Waals surface area contributed by atoms with Crippen molar-refractivity contribution < 1.29 is 0 Å². The van der Waals surface area contributed by atoms with Gasteiger partial charge in [0.15, 0.2) is 0 Å². The first-order valence-corrected chi connectivity index (χ1v) is 8.19. The Morgan fingerprint density at radius 3 is 2.78 bits per heavy atom. The molecule has 1 unspecified atom stereocenters. The maximum absolute atomic E-state index is 4.89. The Balaban J connectivity index is 2.01. The summed E-state index contributed by atoms with van der Waals surface area (Å²) in [5.41, 5.74) is 1.47. The van der Waals surface area contributed by atoms with E-state index in [9.17, 15) is 0 Å². The highest BCUT2D eigenvalue weighted by Gasteiger charge is 2.30. The lowest BCUT2D eigenvalue weighted by molar-refractivity contribution is 0.350. The summed E-state index contributed by atoms with van der Waals surface area (Å²) in [6.45, 7) is 4.58. The van der Waals surface area contributed by atoms with Crippen LogP contribution in [0.5, 0.6) is 0 Å². The number of nitrogens with one attached hydrogen (secondary N) is 1. The minimum atomic E-state index is 0.0861. The molecule has 1 aromatic heterocycles. The highest BCUT2D eigenvalue weighted by Crippen LogP contribution is 2.35. The third-order valence-electron chi connectivity index (χ3n) is 4.15.